The summed E-state index contributed by atoms with van der Waals surface area (Å²) in [5.41, 5.74) is 6.93. The molecule has 1 heterocycles. The van der Waals surface area contributed by atoms with Gasteiger partial charge in [0.1, 0.15) is 5.41 Å². The third-order valence-electron chi connectivity index (χ3n) is 6.91. The maximum absolute atomic E-state index is 4.74. The Morgan fingerprint density at radius 3 is 1.73 bits per heavy atom. The van der Waals surface area contributed by atoms with Crippen molar-refractivity contribution in [1.29, 1.82) is 0 Å². The van der Waals surface area contributed by atoms with Gasteiger partial charge in [-0.1, -0.05) is 133 Å². The zero-order valence-corrected chi connectivity index (χ0v) is 20.6. The molecule has 4 heteroatoms. The predicted octanol–water partition coefficient (Wildman–Crippen LogP) is 7.02. The highest BCUT2D eigenvalue weighted by Gasteiger charge is 2.44. The largest absolute Gasteiger partial charge is 0.196 e. The average Bonchev–Trinajstić information content (AvgIpc) is 3.46. The SMILES string of the molecule is Cc1ccc(-c2ccccc2C(c2ccccc2)(c2ccccc2)c2nnnn2-c2ccccc2)cc1. The summed E-state index contributed by atoms with van der Waals surface area (Å²) in [5, 5.41) is 13.5. The number of aromatic nitrogens is 4. The molecule has 0 saturated carbocycles. The molecular formula is C33H26N4. The molecule has 0 bridgehead atoms. The van der Waals surface area contributed by atoms with Crippen molar-refractivity contribution in [3.63, 3.8) is 0 Å². The third-order valence-corrected chi connectivity index (χ3v) is 6.91. The number of rotatable bonds is 6. The first-order valence-electron chi connectivity index (χ1n) is 12.4. The summed E-state index contributed by atoms with van der Waals surface area (Å²) in [6.07, 6.45) is 0. The molecule has 4 nitrogen and oxygen atoms in total. The van der Waals surface area contributed by atoms with E-state index in [-0.39, 0.29) is 0 Å². The molecule has 0 aliphatic carbocycles. The molecule has 6 aromatic rings. The van der Waals surface area contributed by atoms with Crippen LogP contribution >= 0.6 is 0 Å². The number of tetrazole rings is 1. The van der Waals surface area contributed by atoms with Gasteiger partial charge in [0, 0.05) is 0 Å². The van der Waals surface area contributed by atoms with E-state index in [1.807, 2.05) is 47.1 Å². The highest BCUT2D eigenvalue weighted by Crippen LogP contribution is 2.47. The van der Waals surface area contributed by atoms with Gasteiger partial charge in [-0.25, -0.2) is 0 Å². The van der Waals surface area contributed by atoms with Crippen LogP contribution in [0, 0.1) is 6.92 Å². The molecule has 1 aromatic heterocycles. The van der Waals surface area contributed by atoms with Gasteiger partial charge in [0.05, 0.1) is 5.69 Å². The van der Waals surface area contributed by atoms with Crippen LogP contribution in [-0.2, 0) is 5.41 Å². The van der Waals surface area contributed by atoms with Crippen LogP contribution in [0.5, 0.6) is 0 Å². The van der Waals surface area contributed by atoms with Gasteiger partial charge in [0.2, 0.25) is 0 Å². The van der Waals surface area contributed by atoms with Crippen LogP contribution in [-0.4, -0.2) is 20.2 Å². The van der Waals surface area contributed by atoms with Gasteiger partial charge in [-0.2, -0.15) is 4.68 Å². The van der Waals surface area contributed by atoms with Crippen molar-refractivity contribution in [3.8, 4) is 16.8 Å². The van der Waals surface area contributed by atoms with Gasteiger partial charge in [0.15, 0.2) is 5.82 Å². The van der Waals surface area contributed by atoms with E-state index in [1.165, 1.54) is 5.56 Å². The topological polar surface area (TPSA) is 43.6 Å². The van der Waals surface area contributed by atoms with Crippen molar-refractivity contribution in [2.24, 2.45) is 0 Å². The second kappa shape index (κ2) is 9.67. The standard InChI is InChI=1S/C33H26N4/c1-25-21-23-26(24-22-25)30-19-11-12-20-31(30)33(27-13-5-2-6-14-27,28-15-7-3-8-16-28)32-34-35-36-37(32)29-17-9-4-10-18-29/h2-24H,1H3. The van der Waals surface area contributed by atoms with Crippen molar-refractivity contribution in [1.82, 2.24) is 20.2 Å². The normalized spacial score (nSPS) is 11.4. The van der Waals surface area contributed by atoms with Gasteiger partial charge in [-0.15, -0.1) is 5.10 Å². The van der Waals surface area contributed by atoms with Crippen LogP contribution in [0.1, 0.15) is 28.1 Å². The number of para-hydroxylation sites is 1. The van der Waals surface area contributed by atoms with Crippen LogP contribution in [0.25, 0.3) is 16.8 Å². The number of hydrogen-bond acceptors (Lipinski definition) is 3. The number of nitrogens with zero attached hydrogens (tertiary/aromatic N) is 4. The minimum atomic E-state index is -0.788. The minimum absolute atomic E-state index is 0.732. The first-order valence-corrected chi connectivity index (χ1v) is 12.4. The van der Waals surface area contributed by atoms with E-state index >= 15 is 0 Å². The lowest BCUT2D eigenvalue weighted by molar-refractivity contribution is 0.644. The van der Waals surface area contributed by atoms with Crippen molar-refractivity contribution in [2.75, 3.05) is 0 Å². The van der Waals surface area contributed by atoms with E-state index in [0.717, 1.165) is 39.3 Å². The molecule has 37 heavy (non-hydrogen) atoms. The monoisotopic (exact) mass is 478 g/mol. The molecule has 0 amide bonds. The molecule has 0 saturated heterocycles. The molecule has 5 aromatic carbocycles. The summed E-state index contributed by atoms with van der Waals surface area (Å²) in [6, 6.07) is 48.5. The molecule has 0 spiro atoms. The van der Waals surface area contributed by atoms with Gasteiger partial charge < -0.3 is 0 Å². The molecule has 0 aliphatic heterocycles. The Hall–Kier alpha value is -4.83. The van der Waals surface area contributed by atoms with Crippen LogP contribution in [0.15, 0.2) is 140 Å². The van der Waals surface area contributed by atoms with Crippen molar-refractivity contribution >= 4 is 0 Å². The summed E-state index contributed by atoms with van der Waals surface area (Å²) in [5.74, 6) is 0.732. The van der Waals surface area contributed by atoms with E-state index in [9.17, 15) is 0 Å². The molecule has 0 N–H and O–H groups in total. The van der Waals surface area contributed by atoms with Gasteiger partial charge in [-0.05, 0) is 57.3 Å². The number of aryl methyl sites for hydroxylation is 1. The van der Waals surface area contributed by atoms with Crippen LogP contribution in [0.3, 0.4) is 0 Å². The Bertz CT molecular complexity index is 1570. The fourth-order valence-corrected chi connectivity index (χ4v) is 5.19. The summed E-state index contributed by atoms with van der Waals surface area (Å²) >= 11 is 0. The summed E-state index contributed by atoms with van der Waals surface area (Å²) in [6.45, 7) is 2.11. The second-order valence-corrected chi connectivity index (χ2v) is 9.14. The van der Waals surface area contributed by atoms with Gasteiger partial charge >= 0.3 is 0 Å². The van der Waals surface area contributed by atoms with E-state index < -0.39 is 5.41 Å². The van der Waals surface area contributed by atoms with E-state index in [1.54, 1.807) is 0 Å². The van der Waals surface area contributed by atoms with Crippen LogP contribution in [0.4, 0.5) is 0 Å². The summed E-state index contributed by atoms with van der Waals surface area (Å²) in [7, 11) is 0. The Kier molecular flexibility index (Phi) is 5.91. The molecule has 0 atom stereocenters. The molecule has 6 rings (SSSR count). The summed E-state index contributed by atoms with van der Waals surface area (Å²) in [4.78, 5) is 0. The maximum Gasteiger partial charge on any atom is 0.176 e. The van der Waals surface area contributed by atoms with E-state index in [0.29, 0.717) is 0 Å². The fourth-order valence-electron chi connectivity index (χ4n) is 5.19. The minimum Gasteiger partial charge on any atom is -0.196 e. The maximum atomic E-state index is 4.74. The molecule has 0 aliphatic rings. The smallest absolute Gasteiger partial charge is 0.176 e. The predicted molar refractivity (Wildman–Crippen MR) is 148 cm³/mol. The van der Waals surface area contributed by atoms with Gasteiger partial charge in [0.25, 0.3) is 0 Å². The zero-order valence-electron chi connectivity index (χ0n) is 20.6. The first kappa shape index (κ1) is 22.6. The Balaban J connectivity index is 1.76. The fraction of sp³-hybridized carbons (Fsp3) is 0.0606. The number of benzene rings is 5. The lowest BCUT2D eigenvalue weighted by Crippen LogP contribution is -2.35. The number of hydrogen-bond donors (Lipinski definition) is 0. The average molecular weight is 479 g/mol. The molecular weight excluding hydrogens is 452 g/mol. The first-order chi connectivity index (χ1) is 18.3. The van der Waals surface area contributed by atoms with Crippen LogP contribution < -0.4 is 0 Å². The summed E-state index contributed by atoms with van der Waals surface area (Å²) < 4.78 is 1.87. The lowest BCUT2D eigenvalue weighted by Gasteiger charge is -2.36. The van der Waals surface area contributed by atoms with Gasteiger partial charge in [-0.3, -0.25) is 0 Å². The van der Waals surface area contributed by atoms with E-state index in [4.69, 9.17) is 5.10 Å². The molecule has 0 radical (unpaired) electrons. The van der Waals surface area contributed by atoms with Crippen molar-refractivity contribution in [2.45, 2.75) is 12.3 Å². The molecule has 0 fully saturated rings. The Morgan fingerprint density at radius 2 is 1.11 bits per heavy atom. The Morgan fingerprint density at radius 1 is 0.568 bits per heavy atom. The second-order valence-electron chi connectivity index (χ2n) is 9.14. The van der Waals surface area contributed by atoms with Crippen molar-refractivity contribution < 1.29 is 0 Å². The Labute approximate surface area is 216 Å². The van der Waals surface area contributed by atoms with Crippen molar-refractivity contribution in [3.05, 3.63) is 168 Å². The quantitative estimate of drug-likeness (QED) is 0.242. The zero-order chi connectivity index (χ0) is 25.1. The molecule has 178 valence electrons. The highest BCUT2D eigenvalue weighted by atomic mass is 15.5. The molecule has 0 unspecified atom stereocenters. The van der Waals surface area contributed by atoms with E-state index in [2.05, 4.69) is 114 Å². The lowest BCUT2D eigenvalue weighted by atomic mass is 9.66. The third kappa shape index (κ3) is 3.93. The highest BCUT2D eigenvalue weighted by molar-refractivity contribution is 5.74. The van der Waals surface area contributed by atoms with Crippen LogP contribution in [0.2, 0.25) is 0 Å².